The number of carbonyl (C=O) groups is 1. The van der Waals surface area contributed by atoms with Crippen LogP contribution < -0.4 is 0 Å². The van der Waals surface area contributed by atoms with E-state index in [9.17, 15) is 9.36 Å². The minimum atomic E-state index is -3.54. The molecule has 156 valence electrons. The lowest BCUT2D eigenvalue weighted by molar-refractivity contribution is 0.0527. The second-order valence-electron chi connectivity index (χ2n) is 7.00. The maximum Gasteiger partial charge on any atom is 0.349 e. The van der Waals surface area contributed by atoms with E-state index in [-0.39, 0.29) is 24.8 Å². The molecule has 1 atom stereocenters. The number of nitrogens with zero attached hydrogens (tertiary/aromatic N) is 1. The van der Waals surface area contributed by atoms with Gasteiger partial charge in [-0.05, 0) is 65.5 Å². The number of rotatable bonds is 9. The van der Waals surface area contributed by atoms with Crippen LogP contribution in [0.3, 0.4) is 0 Å². The van der Waals surface area contributed by atoms with E-state index >= 15 is 0 Å². The molecule has 2 rings (SSSR count). The van der Waals surface area contributed by atoms with Crippen molar-refractivity contribution in [2.24, 2.45) is 0 Å². The second-order valence-corrected chi connectivity index (χ2v) is 10.3. The smallest absolute Gasteiger partial charge is 0.349 e. The number of esters is 1. The highest BCUT2D eigenvalue weighted by Gasteiger charge is 2.42. The summed E-state index contributed by atoms with van der Waals surface area (Å²) in [6, 6.07) is 5.60. The van der Waals surface area contributed by atoms with Crippen LogP contribution in [-0.2, 0) is 18.3 Å². The largest absolute Gasteiger partial charge is 0.462 e. The number of thioether (sulfide) groups is 1. The molecule has 0 spiro atoms. The first-order valence-electron chi connectivity index (χ1n) is 9.42. The van der Waals surface area contributed by atoms with E-state index in [1.54, 1.807) is 6.92 Å². The van der Waals surface area contributed by atoms with Gasteiger partial charge in [-0.1, -0.05) is 6.07 Å². The molecule has 28 heavy (non-hydrogen) atoms. The van der Waals surface area contributed by atoms with Crippen LogP contribution in [0, 0.1) is 6.92 Å². The predicted molar refractivity (Wildman–Crippen MR) is 114 cm³/mol. The third-order valence-electron chi connectivity index (χ3n) is 4.07. The molecule has 0 bridgehead atoms. The molecule has 2 heterocycles. The van der Waals surface area contributed by atoms with Gasteiger partial charge in [0, 0.05) is 6.20 Å². The molecular weight excluding hydrogens is 397 g/mol. The van der Waals surface area contributed by atoms with Crippen molar-refractivity contribution in [3.05, 3.63) is 41.2 Å². The van der Waals surface area contributed by atoms with Crippen molar-refractivity contribution in [3.63, 3.8) is 0 Å². The Labute approximate surface area is 171 Å². The average Bonchev–Trinajstić information content (AvgIpc) is 2.86. The molecular formula is C20H30NO5PS. The van der Waals surface area contributed by atoms with Gasteiger partial charge in [0.1, 0.15) is 4.99 Å². The van der Waals surface area contributed by atoms with Crippen LogP contribution in [0.15, 0.2) is 24.4 Å². The summed E-state index contributed by atoms with van der Waals surface area (Å²) >= 11 is 1.40. The zero-order valence-electron chi connectivity index (χ0n) is 17.6. The number of ether oxygens (including phenoxy) is 1. The molecule has 0 aliphatic rings. The van der Waals surface area contributed by atoms with E-state index in [0.29, 0.717) is 11.1 Å². The Bertz CT molecular complexity index is 863. The molecule has 0 aromatic carbocycles. The number of aromatic nitrogens is 1. The van der Waals surface area contributed by atoms with Crippen molar-refractivity contribution in [2.75, 3.05) is 12.9 Å². The summed E-state index contributed by atoms with van der Waals surface area (Å²) in [5.74, 6) is -0.390. The average molecular weight is 428 g/mol. The SMILES string of the molecule is CCOC(=O)c1c(C)c(C(SC)P(=O)(OC(C)C)OC(C)C)n2ccccc12. The molecule has 0 radical (unpaired) electrons. The van der Waals surface area contributed by atoms with Crippen molar-refractivity contribution in [3.8, 4) is 0 Å². The van der Waals surface area contributed by atoms with E-state index in [1.807, 2.05) is 69.7 Å². The van der Waals surface area contributed by atoms with Crippen molar-refractivity contribution in [2.45, 2.75) is 58.7 Å². The zero-order valence-corrected chi connectivity index (χ0v) is 19.3. The fraction of sp³-hybridized carbons (Fsp3) is 0.550. The van der Waals surface area contributed by atoms with Gasteiger partial charge in [0.25, 0.3) is 0 Å². The van der Waals surface area contributed by atoms with E-state index in [1.165, 1.54) is 11.8 Å². The second kappa shape index (κ2) is 9.49. The molecule has 2 aromatic rings. The molecule has 0 fully saturated rings. The highest BCUT2D eigenvalue weighted by Crippen LogP contribution is 2.67. The zero-order chi connectivity index (χ0) is 21.1. The first-order valence-corrected chi connectivity index (χ1v) is 12.3. The number of fused-ring (bicyclic) bond motifs is 1. The number of hydrogen-bond acceptors (Lipinski definition) is 6. The summed E-state index contributed by atoms with van der Waals surface area (Å²) in [6.45, 7) is 11.3. The summed E-state index contributed by atoms with van der Waals surface area (Å²) in [7, 11) is -3.54. The Morgan fingerprint density at radius 3 is 2.29 bits per heavy atom. The fourth-order valence-electron chi connectivity index (χ4n) is 3.24. The molecule has 0 saturated carbocycles. The van der Waals surface area contributed by atoms with E-state index in [0.717, 1.165) is 11.3 Å². The molecule has 0 aliphatic heterocycles. The Kier molecular flexibility index (Phi) is 7.80. The topological polar surface area (TPSA) is 66.2 Å². The van der Waals surface area contributed by atoms with Gasteiger partial charge in [0.2, 0.25) is 0 Å². The number of carbonyl (C=O) groups excluding carboxylic acids is 1. The molecule has 0 aliphatic carbocycles. The van der Waals surface area contributed by atoms with Gasteiger partial charge in [-0.15, -0.1) is 11.8 Å². The summed E-state index contributed by atoms with van der Waals surface area (Å²) in [6.07, 6.45) is 3.19. The van der Waals surface area contributed by atoms with E-state index < -0.39 is 12.6 Å². The maximum atomic E-state index is 13.9. The van der Waals surface area contributed by atoms with Crippen molar-refractivity contribution >= 4 is 30.8 Å². The molecule has 1 unspecified atom stereocenters. The summed E-state index contributed by atoms with van der Waals surface area (Å²) in [4.78, 5) is 12.0. The van der Waals surface area contributed by atoms with E-state index in [4.69, 9.17) is 13.8 Å². The lowest BCUT2D eigenvalue weighted by Gasteiger charge is -2.29. The number of pyridine rings is 1. The van der Waals surface area contributed by atoms with Crippen molar-refractivity contribution in [1.82, 2.24) is 4.40 Å². The van der Waals surface area contributed by atoms with Crippen LogP contribution in [0.2, 0.25) is 0 Å². The number of hydrogen-bond donors (Lipinski definition) is 0. The minimum Gasteiger partial charge on any atom is -0.462 e. The molecule has 2 aromatic heterocycles. The lowest BCUT2D eigenvalue weighted by atomic mass is 10.1. The standard InChI is InChI=1S/C20H30NO5PS/c1-8-24-19(22)17-15(6)18(21-12-10-9-11-16(17)21)20(28-7)27(23,25-13(2)3)26-14(4)5/h9-14,20H,8H2,1-7H3. The van der Waals surface area contributed by atoms with Crippen LogP contribution in [0.1, 0.15) is 61.2 Å². The fourth-order valence-corrected chi connectivity index (χ4v) is 7.14. The molecule has 0 amide bonds. The summed E-state index contributed by atoms with van der Waals surface area (Å²) in [5.41, 5.74) is 2.66. The predicted octanol–water partition coefficient (Wildman–Crippen LogP) is 5.83. The molecule has 8 heteroatoms. The maximum absolute atomic E-state index is 13.9. The Morgan fingerprint density at radius 2 is 1.79 bits per heavy atom. The minimum absolute atomic E-state index is 0.268. The first kappa shape index (κ1) is 23.0. The third-order valence-corrected chi connectivity index (χ3v) is 8.40. The van der Waals surface area contributed by atoms with Crippen LogP contribution in [0.4, 0.5) is 0 Å². The van der Waals surface area contributed by atoms with Gasteiger partial charge in [0.15, 0.2) is 0 Å². The van der Waals surface area contributed by atoms with Gasteiger partial charge in [-0.25, -0.2) is 4.79 Å². The van der Waals surface area contributed by atoms with Gasteiger partial charge >= 0.3 is 13.6 Å². The summed E-state index contributed by atoms with van der Waals surface area (Å²) in [5, 5.41) is 0. The van der Waals surface area contributed by atoms with Gasteiger partial charge in [-0.3, -0.25) is 4.57 Å². The molecule has 0 N–H and O–H groups in total. The Morgan fingerprint density at radius 1 is 1.18 bits per heavy atom. The highest BCUT2D eigenvalue weighted by molar-refractivity contribution is 8.04. The van der Waals surface area contributed by atoms with Gasteiger partial charge in [-0.2, -0.15) is 0 Å². The van der Waals surface area contributed by atoms with Gasteiger partial charge < -0.3 is 18.2 Å². The van der Waals surface area contributed by atoms with Crippen molar-refractivity contribution < 1.29 is 23.1 Å². The van der Waals surface area contributed by atoms with E-state index in [2.05, 4.69) is 0 Å². The Balaban J connectivity index is 2.74. The van der Waals surface area contributed by atoms with Crippen molar-refractivity contribution in [1.29, 1.82) is 0 Å². The monoisotopic (exact) mass is 427 g/mol. The van der Waals surface area contributed by atoms with Crippen LogP contribution in [0.5, 0.6) is 0 Å². The summed E-state index contributed by atoms with van der Waals surface area (Å²) < 4.78 is 32.8. The normalized spacial score (nSPS) is 13.5. The quantitative estimate of drug-likeness (QED) is 0.371. The lowest BCUT2D eigenvalue weighted by Crippen LogP contribution is -2.14. The molecule has 6 nitrogen and oxygen atoms in total. The third kappa shape index (κ3) is 4.65. The first-order chi connectivity index (χ1) is 13.2. The van der Waals surface area contributed by atoms with Crippen LogP contribution >= 0.6 is 19.4 Å². The Hall–Kier alpha value is -1.27. The molecule has 0 saturated heterocycles. The van der Waals surface area contributed by atoms with Crippen LogP contribution in [0.25, 0.3) is 5.52 Å². The van der Waals surface area contributed by atoms with Crippen LogP contribution in [-0.4, -0.2) is 35.4 Å². The highest BCUT2D eigenvalue weighted by atomic mass is 32.2. The van der Waals surface area contributed by atoms with Gasteiger partial charge in [0.05, 0.1) is 35.6 Å².